The van der Waals surface area contributed by atoms with Crippen LogP contribution in [-0.2, 0) is 16.2 Å². The summed E-state index contributed by atoms with van der Waals surface area (Å²) in [5.74, 6) is 0.383. The first-order chi connectivity index (χ1) is 19.2. The van der Waals surface area contributed by atoms with Gasteiger partial charge in [-0.05, 0) is 58.4 Å². The van der Waals surface area contributed by atoms with Crippen LogP contribution in [0, 0.1) is 0 Å². The normalized spacial score (nSPS) is 12.1. The molecule has 212 valence electrons. The second-order valence-corrected chi connectivity index (χ2v) is 13.1. The highest BCUT2D eigenvalue weighted by molar-refractivity contribution is 5.92. The number of hydrogen-bond donors (Lipinski definition) is 0. The number of para-hydroxylation sites is 2. The lowest BCUT2D eigenvalue weighted by molar-refractivity contribution is 0.0722. The summed E-state index contributed by atoms with van der Waals surface area (Å²) >= 11 is 0. The van der Waals surface area contributed by atoms with Gasteiger partial charge in [-0.15, -0.1) is 0 Å². The van der Waals surface area contributed by atoms with E-state index in [1.54, 1.807) is 24.3 Å². The second kappa shape index (κ2) is 11.4. The third-order valence-electron chi connectivity index (χ3n) is 7.48. The summed E-state index contributed by atoms with van der Waals surface area (Å²) in [5, 5.41) is 0. The Morgan fingerprint density at radius 2 is 0.780 bits per heavy atom. The van der Waals surface area contributed by atoms with Gasteiger partial charge in [0.05, 0.1) is 11.1 Å². The minimum absolute atomic E-state index is 0.145. The molecule has 41 heavy (non-hydrogen) atoms. The van der Waals surface area contributed by atoms with Gasteiger partial charge in [0, 0.05) is 16.5 Å². The van der Waals surface area contributed by atoms with Crippen LogP contribution in [0.3, 0.4) is 0 Å². The number of hydrogen-bond acceptors (Lipinski definition) is 4. The van der Waals surface area contributed by atoms with E-state index in [-0.39, 0.29) is 28.2 Å². The average Bonchev–Trinajstić information content (AvgIpc) is 2.92. The van der Waals surface area contributed by atoms with Crippen molar-refractivity contribution in [3.05, 3.63) is 130 Å². The van der Waals surface area contributed by atoms with Gasteiger partial charge in [0.25, 0.3) is 0 Å². The first-order valence-electron chi connectivity index (χ1n) is 14.0. The van der Waals surface area contributed by atoms with E-state index in [9.17, 15) is 9.59 Å². The highest BCUT2D eigenvalue weighted by Crippen LogP contribution is 2.34. The molecule has 0 atom stereocenters. The number of benzene rings is 4. The molecule has 4 heteroatoms. The van der Waals surface area contributed by atoms with Gasteiger partial charge in [-0.3, -0.25) is 0 Å². The van der Waals surface area contributed by atoms with Crippen LogP contribution in [0.15, 0.2) is 97.1 Å². The number of rotatable bonds is 6. The summed E-state index contributed by atoms with van der Waals surface area (Å²) in [5.41, 5.74) is 4.37. The lowest BCUT2D eigenvalue weighted by atomic mass is 9.78. The summed E-state index contributed by atoms with van der Waals surface area (Å²) in [7, 11) is 0. The Kier molecular flexibility index (Phi) is 8.26. The van der Waals surface area contributed by atoms with Crippen LogP contribution in [0.4, 0.5) is 0 Å². The molecule has 0 spiro atoms. The highest BCUT2D eigenvalue weighted by Gasteiger charge is 2.26. The van der Waals surface area contributed by atoms with Crippen molar-refractivity contribution in [2.75, 3.05) is 0 Å². The van der Waals surface area contributed by atoms with Crippen LogP contribution in [0.5, 0.6) is 11.5 Å². The van der Waals surface area contributed by atoms with Gasteiger partial charge in [0.2, 0.25) is 0 Å². The van der Waals surface area contributed by atoms with Crippen molar-refractivity contribution in [2.24, 2.45) is 0 Å². The molecule has 0 aliphatic heterocycles. The number of carbonyl (C=O) groups excluding carboxylic acids is 2. The molecule has 0 amide bonds. The third kappa shape index (κ3) is 6.77. The van der Waals surface area contributed by atoms with Crippen molar-refractivity contribution in [3.63, 3.8) is 0 Å². The summed E-state index contributed by atoms with van der Waals surface area (Å²) in [6.07, 6.45) is 0. The molecule has 0 heterocycles. The fraction of sp³-hybridized carbons (Fsp3) is 0.297. The molecule has 0 aliphatic rings. The van der Waals surface area contributed by atoms with Crippen LogP contribution in [0.2, 0.25) is 0 Å². The monoisotopic (exact) mass is 548 g/mol. The predicted octanol–water partition coefficient (Wildman–Crippen LogP) is 9.05. The average molecular weight is 549 g/mol. The molecule has 0 unspecified atom stereocenters. The van der Waals surface area contributed by atoms with E-state index in [0.717, 1.165) is 22.3 Å². The van der Waals surface area contributed by atoms with Gasteiger partial charge in [0.1, 0.15) is 11.5 Å². The summed E-state index contributed by atoms with van der Waals surface area (Å²) in [4.78, 5) is 25.9. The molecule has 0 bridgehead atoms. The van der Waals surface area contributed by atoms with Gasteiger partial charge < -0.3 is 9.47 Å². The van der Waals surface area contributed by atoms with E-state index in [4.69, 9.17) is 9.47 Å². The maximum absolute atomic E-state index is 13.0. The quantitative estimate of drug-likeness (QED) is 0.178. The van der Waals surface area contributed by atoms with Crippen molar-refractivity contribution in [1.82, 2.24) is 0 Å². The Bertz CT molecular complexity index is 1410. The maximum Gasteiger partial charge on any atom is 0.343 e. The predicted molar refractivity (Wildman–Crippen MR) is 165 cm³/mol. The maximum atomic E-state index is 13.0. The molecule has 0 saturated heterocycles. The largest absolute Gasteiger partial charge is 0.423 e. The van der Waals surface area contributed by atoms with E-state index in [0.29, 0.717) is 22.6 Å². The third-order valence-corrected chi connectivity index (χ3v) is 7.48. The first-order valence-corrected chi connectivity index (χ1v) is 14.0. The SMILES string of the molecule is CC(C)(C)c1ccccc1OC(=O)c1ccc(C(C)(C)c2ccc(C(=O)Oc3ccccc3C(C)(C)C)cc2)cc1. The molecule has 0 radical (unpaired) electrons. The van der Waals surface area contributed by atoms with E-state index < -0.39 is 0 Å². The highest BCUT2D eigenvalue weighted by atomic mass is 16.5. The Hall–Kier alpha value is -4.18. The van der Waals surface area contributed by atoms with Crippen LogP contribution >= 0.6 is 0 Å². The van der Waals surface area contributed by atoms with Crippen molar-refractivity contribution in [3.8, 4) is 11.5 Å². The van der Waals surface area contributed by atoms with E-state index in [1.165, 1.54) is 0 Å². The van der Waals surface area contributed by atoms with E-state index in [2.05, 4.69) is 55.4 Å². The fourth-order valence-corrected chi connectivity index (χ4v) is 4.88. The zero-order valence-electron chi connectivity index (χ0n) is 25.4. The standard InChI is InChI=1S/C37H40O4/c1-35(2,3)29-13-9-11-15-31(29)40-33(38)25-17-21-27(22-18-25)37(7,8)28-23-19-26(20-24-28)34(39)41-32-16-12-10-14-30(32)36(4,5)6/h9-24H,1-8H3. The lowest BCUT2D eigenvalue weighted by Crippen LogP contribution is -2.20. The molecular formula is C37H40O4. The summed E-state index contributed by atoms with van der Waals surface area (Å²) < 4.78 is 11.6. The Labute approximate surface area is 244 Å². The topological polar surface area (TPSA) is 52.6 Å². The lowest BCUT2D eigenvalue weighted by Gasteiger charge is -2.26. The molecule has 0 fully saturated rings. The molecule has 0 saturated carbocycles. The van der Waals surface area contributed by atoms with E-state index in [1.807, 2.05) is 72.8 Å². The van der Waals surface area contributed by atoms with Gasteiger partial charge in [-0.2, -0.15) is 0 Å². The molecule has 4 aromatic carbocycles. The molecule has 0 aliphatic carbocycles. The Morgan fingerprint density at radius 1 is 0.463 bits per heavy atom. The van der Waals surface area contributed by atoms with Crippen LogP contribution < -0.4 is 9.47 Å². The molecule has 4 rings (SSSR count). The smallest absolute Gasteiger partial charge is 0.343 e. The van der Waals surface area contributed by atoms with E-state index >= 15 is 0 Å². The number of carbonyl (C=O) groups is 2. The van der Waals surface area contributed by atoms with Gasteiger partial charge in [-0.25, -0.2) is 9.59 Å². The van der Waals surface area contributed by atoms with Crippen molar-refractivity contribution in [2.45, 2.75) is 71.6 Å². The zero-order valence-corrected chi connectivity index (χ0v) is 25.4. The molecule has 0 aromatic heterocycles. The summed E-state index contributed by atoms with van der Waals surface area (Å²) in [6.45, 7) is 16.8. The minimum Gasteiger partial charge on any atom is -0.423 e. The van der Waals surface area contributed by atoms with Crippen LogP contribution in [0.1, 0.15) is 98.4 Å². The molecule has 4 nitrogen and oxygen atoms in total. The fourth-order valence-electron chi connectivity index (χ4n) is 4.88. The second-order valence-electron chi connectivity index (χ2n) is 13.1. The molecular weight excluding hydrogens is 508 g/mol. The van der Waals surface area contributed by atoms with Crippen LogP contribution in [-0.4, -0.2) is 11.9 Å². The Balaban J connectivity index is 1.48. The van der Waals surface area contributed by atoms with Crippen molar-refractivity contribution < 1.29 is 19.1 Å². The minimum atomic E-state index is -0.387. The van der Waals surface area contributed by atoms with Gasteiger partial charge in [-0.1, -0.05) is 116 Å². The first kappa shape index (κ1) is 29.8. The Morgan fingerprint density at radius 3 is 1.10 bits per heavy atom. The molecule has 0 N–H and O–H groups in total. The van der Waals surface area contributed by atoms with Gasteiger partial charge in [0.15, 0.2) is 0 Å². The van der Waals surface area contributed by atoms with Crippen molar-refractivity contribution in [1.29, 1.82) is 0 Å². The van der Waals surface area contributed by atoms with Gasteiger partial charge >= 0.3 is 11.9 Å². The number of esters is 2. The van der Waals surface area contributed by atoms with Crippen molar-refractivity contribution >= 4 is 11.9 Å². The number of ether oxygens (including phenoxy) is 2. The molecule has 4 aromatic rings. The zero-order chi connectivity index (χ0) is 30.0. The summed E-state index contributed by atoms with van der Waals surface area (Å²) in [6, 6.07) is 30.3. The van der Waals surface area contributed by atoms with Crippen LogP contribution in [0.25, 0.3) is 0 Å².